The molecule has 0 fully saturated rings. The van der Waals surface area contributed by atoms with E-state index in [-0.39, 0.29) is 18.2 Å². The van der Waals surface area contributed by atoms with Crippen LogP contribution < -0.4 is 14.8 Å². The highest BCUT2D eigenvalue weighted by molar-refractivity contribution is 6.30. The molecule has 39 heavy (non-hydrogen) atoms. The Kier molecular flexibility index (Phi) is 7.42. The molecule has 0 saturated carbocycles. The molecule has 6 nitrogen and oxygen atoms in total. The van der Waals surface area contributed by atoms with Crippen LogP contribution in [0.2, 0.25) is 5.02 Å². The van der Waals surface area contributed by atoms with Crippen LogP contribution >= 0.6 is 11.6 Å². The molecule has 0 radical (unpaired) electrons. The van der Waals surface area contributed by atoms with Gasteiger partial charge in [0.25, 0.3) is 0 Å². The lowest BCUT2D eigenvalue weighted by Crippen LogP contribution is -2.30. The van der Waals surface area contributed by atoms with E-state index in [1.807, 2.05) is 30.3 Å². The Morgan fingerprint density at radius 1 is 0.846 bits per heavy atom. The fourth-order valence-corrected chi connectivity index (χ4v) is 4.22. The molecule has 4 aromatic rings. The molecule has 198 valence electrons. The smallest absolute Gasteiger partial charge is 0.457 e. The second kappa shape index (κ2) is 11.1. The molecule has 1 aliphatic heterocycles. The van der Waals surface area contributed by atoms with Gasteiger partial charge in [0.1, 0.15) is 17.2 Å². The maximum absolute atomic E-state index is 13.1. The van der Waals surface area contributed by atoms with Crippen LogP contribution in [0.25, 0.3) is 0 Å². The monoisotopic (exact) mass is 551 g/mol. The van der Waals surface area contributed by atoms with Gasteiger partial charge in [-0.25, -0.2) is 9.80 Å². The summed E-state index contributed by atoms with van der Waals surface area (Å²) in [6.07, 6.45) is -4.78. The number of hydrogen-bond donors (Lipinski definition) is 1. The van der Waals surface area contributed by atoms with Crippen molar-refractivity contribution in [3.8, 4) is 17.2 Å². The number of nitrogens with one attached hydrogen (secondary N) is 1. The molecule has 0 aromatic heterocycles. The Bertz CT molecular complexity index is 1460. The van der Waals surface area contributed by atoms with Crippen molar-refractivity contribution in [2.45, 2.75) is 12.3 Å². The van der Waals surface area contributed by atoms with Crippen LogP contribution in [0.3, 0.4) is 0 Å². The van der Waals surface area contributed by atoms with E-state index in [0.717, 1.165) is 5.56 Å². The van der Waals surface area contributed by atoms with Crippen LogP contribution in [0, 0.1) is 0 Å². The number of hydrogen-bond acceptors (Lipinski definition) is 4. The van der Waals surface area contributed by atoms with Gasteiger partial charge in [-0.3, -0.25) is 0 Å². The van der Waals surface area contributed by atoms with Crippen molar-refractivity contribution in [3.63, 3.8) is 0 Å². The molecular weight excluding hydrogens is 531 g/mol. The number of halogens is 4. The number of alkyl halides is 3. The maximum Gasteiger partial charge on any atom is 0.573 e. The van der Waals surface area contributed by atoms with Crippen molar-refractivity contribution in [1.29, 1.82) is 0 Å². The van der Waals surface area contributed by atoms with Crippen molar-refractivity contribution >= 4 is 29.0 Å². The lowest BCUT2D eigenvalue weighted by Gasteiger charge is -2.16. The molecule has 4 aromatic carbocycles. The van der Waals surface area contributed by atoms with Crippen LogP contribution in [0.5, 0.6) is 17.2 Å². The molecule has 10 heteroatoms. The highest BCUT2D eigenvalue weighted by atomic mass is 35.5. The summed E-state index contributed by atoms with van der Waals surface area (Å²) in [4.78, 5) is 13.1. The number of carbonyl (C=O) groups excluding carboxylic acids is 1. The summed E-state index contributed by atoms with van der Waals surface area (Å²) < 4.78 is 47.5. The molecule has 2 amide bonds. The minimum Gasteiger partial charge on any atom is -0.457 e. The van der Waals surface area contributed by atoms with E-state index in [9.17, 15) is 18.0 Å². The van der Waals surface area contributed by atoms with Crippen molar-refractivity contribution in [3.05, 3.63) is 119 Å². The van der Waals surface area contributed by atoms with Gasteiger partial charge in [-0.15, -0.1) is 13.2 Å². The van der Waals surface area contributed by atoms with Gasteiger partial charge < -0.3 is 14.8 Å². The summed E-state index contributed by atoms with van der Waals surface area (Å²) >= 11 is 5.90. The molecule has 1 atom stereocenters. The van der Waals surface area contributed by atoms with Gasteiger partial charge in [0.05, 0.1) is 12.3 Å². The first-order chi connectivity index (χ1) is 18.7. The van der Waals surface area contributed by atoms with Crippen molar-refractivity contribution in [1.82, 2.24) is 5.01 Å². The Balaban J connectivity index is 1.31. The number of amides is 2. The molecule has 0 saturated heterocycles. The third-order valence-corrected chi connectivity index (χ3v) is 6.14. The largest absolute Gasteiger partial charge is 0.573 e. The number of hydrazone groups is 1. The van der Waals surface area contributed by atoms with E-state index in [1.54, 1.807) is 48.5 Å². The number of urea groups is 1. The van der Waals surface area contributed by atoms with E-state index in [1.165, 1.54) is 29.3 Å². The van der Waals surface area contributed by atoms with Gasteiger partial charge in [-0.1, -0.05) is 41.9 Å². The van der Waals surface area contributed by atoms with Crippen LogP contribution in [-0.2, 0) is 0 Å². The lowest BCUT2D eigenvalue weighted by molar-refractivity contribution is -0.274. The fourth-order valence-electron chi connectivity index (χ4n) is 4.10. The van der Waals surface area contributed by atoms with Crippen molar-refractivity contribution in [2.24, 2.45) is 5.10 Å². The molecular formula is C29H21ClF3N3O3. The molecule has 1 aliphatic rings. The normalized spacial score (nSPS) is 15.0. The van der Waals surface area contributed by atoms with Crippen LogP contribution in [0.4, 0.5) is 23.7 Å². The van der Waals surface area contributed by atoms with Gasteiger partial charge in [0.15, 0.2) is 0 Å². The number of rotatable bonds is 6. The third-order valence-electron chi connectivity index (χ3n) is 5.89. The average molecular weight is 552 g/mol. The summed E-state index contributed by atoms with van der Waals surface area (Å²) in [6.45, 7) is 0.254. The highest BCUT2D eigenvalue weighted by Gasteiger charge is 2.33. The SMILES string of the molecule is O=C(Nc1ccc(Oc2ccc(Cl)cc2)cc1)N1CC(c2ccccc2)C(c2ccc(OC(F)(F)F)cc2)=N1. The first-order valence-corrected chi connectivity index (χ1v) is 12.2. The molecule has 1 heterocycles. The Morgan fingerprint density at radius 3 is 2.05 bits per heavy atom. The standard InChI is InChI=1S/C29H21ClF3N3O3/c30-21-8-14-23(15-9-21)38-24-16-10-22(11-17-24)34-28(37)36-18-26(19-4-2-1-3-5-19)27(35-36)20-6-12-25(13-7-20)39-29(31,32)33/h1-17,26H,18H2,(H,34,37). The second-order valence-corrected chi connectivity index (χ2v) is 9.05. The van der Waals surface area contributed by atoms with Crippen molar-refractivity contribution in [2.75, 3.05) is 11.9 Å². The number of anilines is 1. The summed E-state index contributed by atoms with van der Waals surface area (Å²) in [5, 5.41) is 9.28. The number of nitrogens with zero attached hydrogens (tertiary/aromatic N) is 2. The summed E-state index contributed by atoms with van der Waals surface area (Å²) in [7, 11) is 0. The average Bonchev–Trinajstić information content (AvgIpc) is 3.37. The van der Waals surface area contributed by atoms with E-state index < -0.39 is 12.4 Å². The molecule has 0 aliphatic carbocycles. The van der Waals surface area contributed by atoms with Gasteiger partial charge in [-0.05, 0) is 83.9 Å². The van der Waals surface area contributed by atoms with E-state index in [0.29, 0.717) is 33.5 Å². The van der Waals surface area contributed by atoms with Crippen LogP contribution in [0.15, 0.2) is 108 Å². The zero-order chi connectivity index (χ0) is 27.4. The first-order valence-electron chi connectivity index (χ1n) is 11.9. The van der Waals surface area contributed by atoms with E-state index >= 15 is 0 Å². The van der Waals surface area contributed by atoms with Crippen LogP contribution in [-0.4, -0.2) is 29.7 Å². The van der Waals surface area contributed by atoms with E-state index in [2.05, 4.69) is 15.2 Å². The highest BCUT2D eigenvalue weighted by Crippen LogP contribution is 2.31. The van der Waals surface area contributed by atoms with Gasteiger partial charge in [0.2, 0.25) is 0 Å². The number of carbonyl (C=O) groups is 1. The van der Waals surface area contributed by atoms with Gasteiger partial charge in [-0.2, -0.15) is 5.10 Å². The number of ether oxygens (including phenoxy) is 2. The first kappa shape index (κ1) is 26.1. The molecule has 5 rings (SSSR count). The lowest BCUT2D eigenvalue weighted by atomic mass is 9.90. The predicted octanol–water partition coefficient (Wildman–Crippen LogP) is 8.07. The quantitative estimate of drug-likeness (QED) is 0.263. The summed E-state index contributed by atoms with van der Waals surface area (Å²) in [5.74, 6) is 0.597. The Labute approximate surface area is 227 Å². The number of benzene rings is 4. The molecule has 0 bridgehead atoms. The van der Waals surface area contributed by atoms with Gasteiger partial charge in [0, 0.05) is 16.6 Å². The Morgan fingerprint density at radius 2 is 1.44 bits per heavy atom. The van der Waals surface area contributed by atoms with Crippen LogP contribution in [0.1, 0.15) is 17.0 Å². The van der Waals surface area contributed by atoms with Crippen molar-refractivity contribution < 1.29 is 27.4 Å². The predicted molar refractivity (Wildman–Crippen MR) is 143 cm³/mol. The zero-order valence-electron chi connectivity index (χ0n) is 20.2. The second-order valence-electron chi connectivity index (χ2n) is 8.61. The topological polar surface area (TPSA) is 63.2 Å². The zero-order valence-corrected chi connectivity index (χ0v) is 21.0. The Hall–Kier alpha value is -4.50. The molecule has 1 unspecified atom stereocenters. The summed E-state index contributed by atoms with van der Waals surface area (Å²) in [5.41, 5.74) is 2.60. The maximum atomic E-state index is 13.1. The minimum atomic E-state index is -4.78. The van der Waals surface area contributed by atoms with E-state index in [4.69, 9.17) is 16.3 Å². The molecule has 0 spiro atoms. The minimum absolute atomic E-state index is 0.254. The molecule has 1 N–H and O–H groups in total. The fraction of sp³-hybridized carbons (Fsp3) is 0.103. The third kappa shape index (κ3) is 6.69. The summed E-state index contributed by atoms with van der Waals surface area (Å²) in [6, 6.07) is 28.3. The van der Waals surface area contributed by atoms with Gasteiger partial charge >= 0.3 is 12.4 Å².